The Balaban J connectivity index is 1.46. The van der Waals surface area contributed by atoms with Crippen molar-refractivity contribution in [3.05, 3.63) is 33.9 Å². The minimum absolute atomic E-state index is 0.117. The van der Waals surface area contributed by atoms with E-state index in [2.05, 4.69) is 37.7 Å². The lowest BCUT2D eigenvalue weighted by Gasteiger charge is -2.22. The molecule has 2 aromatic heterocycles. The van der Waals surface area contributed by atoms with Gasteiger partial charge in [-0.15, -0.1) is 0 Å². The number of aromatic nitrogens is 4. The molecule has 2 aromatic rings. The first-order valence-corrected chi connectivity index (χ1v) is 8.80. The van der Waals surface area contributed by atoms with Crippen LogP contribution in [0.2, 0.25) is 0 Å². The average Bonchev–Trinajstić information content (AvgIpc) is 3.09. The van der Waals surface area contributed by atoms with E-state index in [9.17, 15) is 4.79 Å². The molecule has 1 aliphatic heterocycles. The van der Waals surface area contributed by atoms with Crippen LogP contribution in [0.15, 0.2) is 0 Å². The first-order valence-electron chi connectivity index (χ1n) is 8.80. The van der Waals surface area contributed by atoms with Crippen LogP contribution in [0, 0.1) is 0 Å². The Bertz CT molecular complexity index is 746. The van der Waals surface area contributed by atoms with Gasteiger partial charge in [0, 0.05) is 36.5 Å². The fourth-order valence-corrected chi connectivity index (χ4v) is 3.74. The van der Waals surface area contributed by atoms with E-state index in [0.29, 0.717) is 12.2 Å². The standard InChI is InChI=1S/C17H24N6O/c1-23-8-7-14-12(10-23)16(22-20-14)17(24)18-9-15-11-5-3-2-4-6-13(11)19-21-15/h2-10H2,1H3,(H,18,24)(H,19,21)(H,20,22). The number of rotatable bonds is 3. The van der Waals surface area contributed by atoms with Gasteiger partial charge in [-0.2, -0.15) is 10.2 Å². The molecule has 0 radical (unpaired) electrons. The van der Waals surface area contributed by atoms with Crippen LogP contribution >= 0.6 is 0 Å². The summed E-state index contributed by atoms with van der Waals surface area (Å²) in [4.78, 5) is 14.8. The number of amides is 1. The smallest absolute Gasteiger partial charge is 0.272 e. The molecule has 0 aromatic carbocycles. The molecule has 0 fully saturated rings. The van der Waals surface area contributed by atoms with Gasteiger partial charge in [0.15, 0.2) is 5.69 Å². The van der Waals surface area contributed by atoms with Crippen molar-refractivity contribution in [2.24, 2.45) is 0 Å². The van der Waals surface area contributed by atoms with Gasteiger partial charge in [0.1, 0.15) is 0 Å². The van der Waals surface area contributed by atoms with Gasteiger partial charge in [0.05, 0.1) is 12.2 Å². The Hall–Kier alpha value is -2.15. The molecule has 0 atom stereocenters. The van der Waals surface area contributed by atoms with Gasteiger partial charge in [0.2, 0.25) is 0 Å². The average molecular weight is 328 g/mol. The lowest BCUT2D eigenvalue weighted by molar-refractivity contribution is 0.0943. The van der Waals surface area contributed by atoms with Gasteiger partial charge in [-0.3, -0.25) is 15.0 Å². The van der Waals surface area contributed by atoms with Gasteiger partial charge in [0.25, 0.3) is 5.91 Å². The SMILES string of the molecule is CN1CCc2[nH]nc(C(=O)NCc3n[nH]c4c3CCCCC4)c2C1. The minimum Gasteiger partial charge on any atom is -0.345 e. The fraction of sp³-hybridized carbons (Fsp3) is 0.588. The van der Waals surface area contributed by atoms with Crippen molar-refractivity contribution in [1.82, 2.24) is 30.6 Å². The summed E-state index contributed by atoms with van der Waals surface area (Å²) >= 11 is 0. The zero-order chi connectivity index (χ0) is 16.5. The summed E-state index contributed by atoms with van der Waals surface area (Å²) in [6.07, 6.45) is 6.72. The number of carbonyl (C=O) groups is 1. The number of hydrogen-bond acceptors (Lipinski definition) is 4. The van der Waals surface area contributed by atoms with E-state index in [0.717, 1.165) is 49.3 Å². The number of fused-ring (bicyclic) bond motifs is 2. The minimum atomic E-state index is -0.117. The van der Waals surface area contributed by atoms with E-state index in [1.165, 1.54) is 30.5 Å². The van der Waals surface area contributed by atoms with Crippen LogP contribution in [0.4, 0.5) is 0 Å². The highest BCUT2D eigenvalue weighted by Crippen LogP contribution is 2.22. The Morgan fingerprint density at radius 3 is 2.79 bits per heavy atom. The third-order valence-electron chi connectivity index (χ3n) is 5.15. The Morgan fingerprint density at radius 2 is 1.88 bits per heavy atom. The van der Waals surface area contributed by atoms with Gasteiger partial charge < -0.3 is 10.2 Å². The monoisotopic (exact) mass is 328 g/mol. The van der Waals surface area contributed by atoms with Crippen molar-refractivity contribution in [1.29, 1.82) is 0 Å². The molecule has 0 bridgehead atoms. The van der Waals surface area contributed by atoms with Gasteiger partial charge in [-0.25, -0.2) is 0 Å². The predicted octanol–water partition coefficient (Wildman–Crippen LogP) is 1.32. The summed E-state index contributed by atoms with van der Waals surface area (Å²) < 4.78 is 0. The highest BCUT2D eigenvalue weighted by atomic mass is 16.1. The molecular formula is C17H24N6O. The number of aromatic amines is 2. The van der Waals surface area contributed by atoms with E-state index in [1.54, 1.807) is 0 Å². The largest absolute Gasteiger partial charge is 0.345 e. The molecule has 24 heavy (non-hydrogen) atoms. The van der Waals surface area contributed by atoms with Crippen molar-refractivity contribution in [3.8, 4) is 0 Å². The zero-order valence-electron chi connectivity index (χ0n) is 14.1. The number of nitrogens with zero attached hydrogens (tertiary/aromatic N) is 3. The van der Waals surface area contributed by atoms with Crippen molar-refractivity contribution < 1.29 is 4.79 Å². The van der Waals surface area contributed by atoms with Crippen LogP contribution in [0.3, 0.4) is 0 Å². The topological polar surface area (TPSA) is 89.7 Å². The molecule has 2 aliphatic rings. The fourth-order valence-electron chi connectivity index (χ4n) is 3.74. The molecule has 7 heteroatoms. The lowest BCUT2D eigenvalue weighted by atomic mass is 10.1. The third kappa shape index (κ3) is 2.84. The molecule has 0 saturated heterocycles. The Kier molecular flexibility index (Phi) is 4.10. The Labute approximate surface area is 141 Å². The van der Waals surface area contributed by atoms with Crippen LogP contribution in [-0.4, -0.2) is 44.8 Å². The summed E-state index contributed by atoms with van der Waals surface area (Å²) in [5.41, 5.74) is 6.17. The zero-order valence-corrected chi connectivity index (χ0v) is 14.1. The van der Waals surface area contributed by atoms with E-state index in [4.69, 9.17) is 0 Å². The maximum atomic E-state index is 12.6. The van der Waals surface area contributed by atoms with Crippen LogP contribution in [0.1, 0.15) is 58.0 Å². The quantitative estimate of drug-likeness (QED) is 0.741. The van der Waals surface area contributed by atoms with Crippen LogP contribution in [0.25, 0.3) is 0 Å². The van der Waals surface area contributed by atoms with E-state index in [1.807, 2.05) is 0 Å². The lowest BCUT2D eigenvalue weighted by Crippen LogP contribution is -2.29. The summed E-state index contributed by atoms with van der Waals surface area (Å²) in [5, 5.41) is 17.8. The molecular weight excluding hydrogens is 304 g/mol. The number of hydrogen-bond donors (Lipinski definition) is 3. The summed E-state index contributed by atoms with van der Waals surface area (Å²) in [7, 11) is 2.07. The first kappa shape index (κ1) is 15.4. The third-order valence-corrected chi connectivity index (χ3v) is 5.15. The van der Waals surface area contributed by atoms with Crippen molar-refractivity contribution in [2.75, 3.05) is 13.6 Å². The summed E-state index contributed by atoms with van der Waals surface area (Å²) in [6.45, 7) is 2.23. The number of nitrogens with one attached hydrogen (secondary N) is 3. The molecule has 1 aliphatic carbocycles. The molecule has 4 rings (SSSR count). The predicted molar refractivity (Wildman–Crippen MR) is 89.6 cm³/mol. The number of H-pyrrole nitrogens is 2. The van der Waals surface area contributed by atoms with Gasteiger partial charge in [-0.1, -0.05) is 6.42 Å². The number of aryl methyl sites for hydroxylation is 1. The number of likely N-dealkylation sites (N-methyl/N-ethyl adjacent to an activating group) is 1. The second kappa shape index (κ2) is 6.39. The van der Waals surface area contributed by atoms with Crippen molar-refractivity contribution >= 4 is 5.91 Å². The van der Waals surface area contributed by atoms with Crippen LogP contribution in [-0.2, 0) is 32.4 Å². The molecule has 0 spiro atoms. The maximum absolute atomic E-state index is 12.6. The van der Waals surface area contributed by atoms with Gasteiger partial charge in [-0.05, 0) is 38.3 Å². The van der Waals surface area contributed by atoms with Gasteiger partial charge >= 0.3 is 0 Å². The molecule has 3 N–H and O–H groups in total. The highest BCUT2D eigenvalue weighted by molar-refractivity contribution is 5.94. The first-order chi connectivity index (χ1) is 11.7. The number of carbonyl (C=O) groups excluding carboxylic acids is 1. The van der Waals surface area contributed by atoms with Crippen LogP contribution in [0.5, 0.6) is 0 Å². The summed E-state index contributed by atoms with van der Waals surface area (Å²) in [5.74, 6) is -0.117. The van der Waals surface area contributed by atoms with E-state index < -0.39 is 0 Å². The molecule has 0 unspecified atom stereocenters. The Morgan fingerprint density at radius 1 is 1.08 bits per heavy atom. The molecule has 3 heterocycles. The maximum Gasteiger partial charge on any atom is 0.272 e. The van der Waals surface area contributed by atoms with Crippen molar-refractivity contribution in [3.63, 3.8) is 0 Å². The molecule has 128 valence electrons. The normalized spacial score (nSPS) is 17.9. The molecule has 7 nitrogen and oxygen atoms in total. The second-order valence-electron chi connectivity index (χ2n) is 6.89. The molecule has 1 amide bonds. The summed E-state index contributed by atoms with van der Waals surface area (Å²) in [6, 6.07) is 0. The van der Waals surface area contributed by atoms with E-state index >= 15 is 0 Å². The van der Waals surface area contributed by atoms with E-state index in [-0.39, 0.29) is 5.91 Å². The molecule has 0 saturated carbocycles. The second-order valence-corrected chi connectivity index (χ2v) is 6.89. The van der Waals surface area contributed by atoms with Crippen molar-refractivity contribution in [2.45, 2.75) is 51.6 Å². The van der Waals surface area contributed by atoms with Crippen LogP contribution < -0.4 is 5.32 Å². The highest BCUT2D eigenvalue weighted by Gasteiger charge is 2.24.